The summed E-state index contributed by atoms with van der Waals surface area (Å²) >= 11 is 0. The molecule has 2 N–H and O–H groups in total. The van der Waals surface area contributed by atoms with E-state index < -0.39 is 11.6 Å². The molecule has 0 heterocycles. The third-order valence-electron chi connectivity index (χ3n) is 5.90. The van der Waals surface area contributed by atoms with Gasteiger partial charge in [-0.25, -0.2) is 4.79 Å². The van der Waals surface area contributed by atoms with Gasteiger partial charge >= 0.3 is 5.97 Å². The van der Waals surface area contributed by atoms with Crippen molar-refractivity contribution in [2.45, 2.75) is 129 Å². The summed E-state index contributed by atoms with van der Waals surface area (Å²) in [6.45, 7) is 4.66. The molecule has 0 fully saturated rings. The van der Waals surface area contributed by atoms with Crippen molar-refractivity contribution in [3.63, 3.8) is 0 Å². The number of hydrogen-bond donors (Lipinski definition) is 2. The number of quaternary nitrogens is 1. The number of carboxylic acid groups (broad SMARTS) is 1. The lowest BCUT2D eigenvalue weighted by atomic mass is 9.96. The molecule has 29 heavy (non-hydrogen) atoms. The second kappa shape index (κ2) is 17.1. The molecule has 1 atom stereocenters. The van der Waals surface area contributed by atoms with Crippen molar-refractivity contribution < 1.29 is 19.5 Å². The lowest BCUT2D eigenvalue weighted by Crippen LogP contribution is -2.52. The van der Waals surface area contributed by atoms with E-state index in [1.165, 1.54) is 96.3 Å². The Morgan fingerprint density at radius 2 is 1.07 bits per heavy atom. The van der Waals surface area contributed by atoms with Gasteiger partial charge in [0.05, 0.1) is 14.1 Å². The molecule has 0 aromatic carbocycles. The fourth-order valence-electron chi connectivity index (χ4n) is 4.48. The maximum Gasteiger partial charge on any atom is 0.359 e. The fourth-order valence-corrected chi connectivity index (χ4v) is 4.48. The fraction of sp³-hybridized carbons (Fsp3) is 0.960. The third kappa shape index (κ3) is 20.4. The van der Waals surface area contributed by atoms with Crippen molar-refractivity contribution in [2.24, 2.45) is 0 Å². The number of aliphatic hydroxyl groups is 1. The molecule has 0 aliphatic heterocycles. The Labute approximate surface area is 181 Å². The van der Waals surface area contributed by atoms with Crippen molar-refractivity contribution in [1.29, 1.82) is 0 Å². The zero-order valence-corrected chi connectivity index (χ0v) is 20.2. The first-order valence-corrected chi connectivity index (χ1v) is 12.4. The molecule has 0 spiro atoms. The van der Waals surface area contributed by atoms with Crippen molar-refractivity contribution in [2.75, 3.05) is 27.2 Å². The molecule has 4 nitrogen and oxygen atoms in total. The molecule has 0 aliphatic rings. The summed E-state index contributed by atoms with van der Waals surface area (Å²) in [4.78, 5) is 10.9. The number of nitrogens with zero attached hydrogens (tertiary/aromatic N) is 1. The first-order chi connectivity index (χ1) is 13.7. The van der Waals surface area contributed by atoms with Crippen molar-refractivity contribution >= 4 is 5.97 Å². The van der Waals surface area contributed by atoms with E-state index >= 15 is 0 Å². The van der Waals surface area contributed by atoms with Crippen LogP contribution in [0.3, 0.4) is 0 Å². The smallest absolute Gasteiger partial charge is 0.359 e. The number of likely N-dealkylation sites (N-methyl/N-ethyl adjacent to an activating group) is 1. The lowest BCUT2D eigenvalue weighted by Gasteiger charge is -2.35. The van der Waals surface area contributed by atoms with Crippen LogP contribution in [0.25, 0.3) is 0 Å². The Bertz CT molecular complexity index is 394. The van der Waals surface area contributed by atoms with E-state index in [0.29, 0.717) is 11.0 Å². The van der Waals surface area contributed by atoms with Gasteiger partial charge in [-0.1, -0.05) is 110 Å². The molecule has 0 aliphatic carbocycles. The van der Waals surface area contributed by atoms with Gasteiger partial charge in [-0.15, -0.1) is 0 Å². The Morgan fingerprint density at radius 3 is 1.41 bits per heavy atom. The summed E-state index contributed by atoms with van der Waals surface area (Å²) in [5.41, 5.74) is -0.783. The number of rotatable bonds is 21. The normalized spacial score (nSPS) is 14.1. The van der Waals surface area contributed by atoms with E-state index in [2.05, 4.69) is 6.92 Å². The molecule has 174 valence electrons. The van der Waals surface area contributed by atoms with E-state index in [1.807, 2.05) is 21.0 Å². The molecule has 4 heteroatoms. The summed E-state index contributed by atoms with van der Waals surface area (Å²) < 4.78 is 0.321. The summed E-state index contributed by atoms with van der Waals surface area (Å²) in [6, 6.07) is 0. The second-order valence-electron chi connectivity index (χ2n) is 10.2. The molecule has 0 rings (SSSR count). The van der Waals surface area contributed by atoms with E-state index in [-0.39, 0.29) is 6.54 Å². The zero-order valence-electron chi connectivity index (χ0n) is 20.2. The Hall–Kier alpha value is -0.610. The molecular formula is C25H52NO3+. The van der Waals surface area contributed by atoms with Gasteiger partial charge in [0.2, 0.25) is 0 Å². The molecule has 0 saturated carbocycles. The van der Waals surface area contributed by atoms with Gasteiger partial charge in [0.25, 0.3) is 0 Å². The molecule has 0 aromatic rings. The van der Waals surface area contributed by atoms with Crippen LogP contribution in [0.15, 0.2) is 0 Å². The summed E-state index contributed by atoms with van der Waals surface area (Å²) in [5, 5.41) is 19.5. The molecule has 0 saturated heterocycles. The van der Waals surface area contributed by atoms with E-state index in [4.69, 9.17) is 5.11 Å². The van der Waals surface area contributed by atoms with Crippen molar-refractivity contribution in [3.05, 3.63) is 0 Å². The van der Waals surface area contributed by atoms with Crippen LogP contribution < -0.4 is 0 Å². The first-order valence-electron chi connectivity index (χ1n) is 12.4. The van der Waals surface area contributed by atoms with Crippen LogP contribution in [-0.2, 0) is 4.79 Å². The number of aliphatic carboxylic acids is 1. The predicted molar refractivity (Wildman–Crippen MR) is 124 cm³/mol. The van der Waals surface area contributed by atoms with Crippen molar-refractivity contribution in [3.8, 4) is 0 Å². The van der Waals surface area contributed by atoms with Crippen LogP contribution in [0.2, 0.25) is 0 Å². The largest absolute Gasteiger partial charge is 0.477 e. The highest BCUT2D eigenvalue weighted by atomic mass is 16.4. The molecule has 0 bridgehead atoms. The highest BCUT2D eigenvalue weighted by Crippen LogP contribution is 2.20. The number of unbranched alkanes of at least 4 members (excludes halogenated alkanes) is 15. The highest BCUT2D eigenvalue weighted by molar-refractivity contribution is 5.67. The molecule has 0 amide bonds. The first kappa shape index (κ1) is 28.4. The second-order valence-corrected chi connectivity index (χ2v) is 10.2. The highest BCUT2D eigenvalue weighted by Gasteiger charge is 2.31. The van der Waals surface area contributed by atoms with Crippen LogP contribution in [0.1, 0.15) is 123 Å². The van der Waals surface area contributed by atoms with Crippen LogP contribution >= 0.6 is 0 Å². The summed E-state index contributed by atoms with van der Waals surface area (Å²) in [5.74, 6) is -0.812. The number of carbonyl (C=O) groups is 1. The van der Waals surface area contributed by atoms with E-state index in [1.54, 1.807) is 0 Å². The summed E-state index contributed by atoms with van der Waals surface area (Å²) in [7, 11) is 3.74. The molecule has 0 radical (unpaired) electrons. The minimum absolute atomic E-state index is 0.0507. The number of hydrogen-bond acceptors (Lipinski definition) is 2. The lowest BCUT2D eigenvalue weighted by molar-refractivity contribution is -0.889. The number of carboxylic acids is 1. The minimum atomic E-state index is -0.812. The van der Waals surface area contributed by atoms with Crippen LogP contribution in [0, 0.1) is 0 Å². The standard InChI is InChI=1S/C25H51NO3/c1-5-6-7-8-9-10-11-12-13-14-15-16-17-18-19-20-21-25(2,29)23-26(3,4)22-24(27)28/h29H,5-23H2,1-4H3/p+1. The molecular weight excluding hydrogens is 362 g/mol. The average molecular weight is 415 g/mol. The van der Waals surface area contributed by atoms with Crippen LogP contribution in [-0.4, -0.2) is 53.5 Å². The monoisotopic (exact) mass is 414 g/mol. The summed E-state index contributed by atoms with van der Waals surface area (Å²) in [6.07, 6.45) is 22.3. The Kier molecular flexibility index (Phi) is 16.7. The minimum Gasteiger partial charge on any atom is -0.477 e. The van der Waals surface area contributed by atoms with Gasteiger partial charge in [-0.05, 0) is 13.3 Å². The van der Waals surface area contributed by atoms with Gasteiger partial charge in [0, 0.05) is 0 Å². The van der Waals surface area contributed by atoms with Gasteiger partial charge in [0.1, 0.15) is 12.1 Å². The Morgan fingerprint density at radius 1 is 0.724 bits per heavy atom. The Balaban J connectivity index is 3.45. The van der Waals surface area contributed by atoms with E-state index in [9.17, 15) is 9.90 Å². The predicted octanol–water partition coefficient (Wildman–Crippen LogP) is 6.55. The molecule has 1 unspecified atom stereocenters. The van der Waals surface area contributed by atoms with Gasteiger partial charge in [-0.3, -0.25) is 0 Å². The average Bonchev–Trinajstić information content (AvgIpc) is 2.59. The van der Waals surface area contributed by atoms with Gasteiger partial charge in [0.15, 0.2) is 6.54 Å². The van der Waals surface area contributed by atoms with E-state index in [0.717, 1.165) is 12.8 Å². The quantitative estimate of drug-likeness (QED) is 0.165. The molecule has 0 aromatic heterocycles. The third-order valence-corrected chi connectivity index (χ3v) is 5.90. The van der Waals surface area contributed by atoms with Gasteiger partial charge < -0.3 is 14.7 Å². The van der Waals surface area contributed by atoms with Crippen LogP contribution in [0.5, 0.6) is 0 Å². The maximum absolute atomic E-state index is 10.9. The van der Waals surface area contributed by atoms with Crippen LogP contribution in [0.4, 0.5) is 0 Å². The zero-order chi connectivity index (χ0) is 22.0. The van der Waals surface area contributed by atoms with Gasteiger partial charge in [-0.2, -0.15) is 0 Å². The maximum atomic E-state index is 10.9. The topological polar surface area (TPSA) is 57.5 Å². The van der Waals surface area contributed by atoms with Crippen molar-refractivity contribution in [1.82, 2.24) is 0 Å². The SMILES string of the molecule is CCCCCCCCCCCCCCCCCCC(C)(O)C[N+](C)(C)CC(=O)O.